The van der Waals surface area contributed by atoms with Crippen molar-refractivity contribution in [3.63, 3.8) is 0 Å². The van der Waals surface area contributed by atoms with Crippen LogP contribution < -0.4 is 15.5 Å². The summed E-state index contributed by atoms with van der Waals surface area (Å²) in [5, 5.41) is 11.0. The van der Waals surface area contributed by atoms with Gasteiger partial charge in [-0.25, -0.2) is 18.0 Å². The molecule has 1 unspecified atom stereocenters. The number of sulfonamides is 1. The number of likely N-dealkylation sites (tertiary alicyclic amines) is 1. The van der Waals surface area contributed by atoms with Crippen LogP contribution in [0.25, 0.3) is 10.9 Å². The molecule has 14 heteroatoms. The molecule has 0 aliphatic carbocycles. The zero-order valence-corrected chi connectivity index (χ0v) is 32.2. The first-order valence-corrected chi connectivity index (χ1v) is 19.8. The van der Waals surface area contributed by atoms with Crippen molar-refractivity contribution >= 4 is 45.2 Å². The SMILES string of the molecule is CNC(=O)N(CCC=O)c1nn(C)c2cc(C3CCN(CC(C)Cc4cccc(S(=O)(=O)N5CCC(NC(=O)OC(C)(C)C)CC5)c4)CC3)ccc12. The number of hydrogen-bond acceptors (Lipinski definition) is 8. The van der Waals surface area contributed by atoms with Gasteiger partial charge in [0.25, 0.3) is 0 Å². The minimum Gasteiger partial charge on any atom is -0.444 e. The number of alkyl carbamates (subject to hydrolysis) is 1. The van der Waals surface area contributed by atoms with Crippen molar-refractivity contribution in [2.75, 3.05) is 51.2 Å². The van der Waals surface area contributed by atoms with E-state index in [-0.39, 0.29) is 25.0 Å². The molecular weight excluding hydrogens is 683 g/mol. The highest BCUT2D eigenvalue weighted by atomic mass is 32.2. The molecule has 0 radical (unpaired) electrons. The largest absolute Gasteiger partial charge is 0.444 e. The Morgan fingerprint density at radius 1 is 1.06 bits per heavy atom. The van der Waals surface area contributed by atoms with Crippen LogP contribution in [-0.2, 0) is 33.0 Å². The zero-order chi connectivity index (χ0) is 37.6. The molecular formula is C38H55N7O6S. The van der Waals surface area contributed by atoms with E-state index in [1.807, 2.05) is 52.1 Å². The van der Waals surface area contributed by atoms with Gasteiger partial charge >= 0.3 is 12.1 Å². The standard InChI is InChI=1S/C38H55N7O6S/c1-27(23-28-9-7-10-32(24-28)52(49,50)44-20-15-31(16-21-44)40-37(48)51-38(2,3)4)26-43-18-13-29(14-19-43)30-11-12-33-34(25-30)42(6)41-35(33)45(17-8-22-46)36(47)39-5/h7,9-12,22,24-25,27,29,31H,8,13-21,23,26H2,1-6H3,(H,39,47)(H,40,48). The molecule has 2 aliphatic heterocycles. The number of aldehydes is 1. The predicted octanol–water partition coefficient (Wildman–Crippen LogP) is 5.04. The minimum absolute atomic E-state index is 0.121. The summed E-state index contributed by atoms with van der Waals surface area (Å²) >= 11 is 0. The highest BCUT2D eigenvalue weighted by Gasteiger charge is 2.31. The Morgan fingerprint density at radius 2 is 1.77 bits per heavy atom. The molecule has 2 fully saturated rings. The maximum absolute atomic E-state index is 13.6. The molecule has 1 atom stereocenters. The van der Waals surface area contributed by atoms with E-state index in [1.165, 1.54) is 14.8 Å². The van der Waals surface area contributed by atoms with Gasteiger partial charge in [-0.05, 0) is 113 Å². The summed E-state index contributed by atoms with van der Waals surface area (Å²) in [6, 6.07) is 13.3. The van der Waals surface area contributed by atoms with E-state index in [1.54, 1.807) is 17.8 Å². The van der Waals surface area contributed by atoms with Crippen LogP contribution in [0.3, 0.4) is 0 Å². The summed E-state index contributed by atoms with van der Waals surface area (Å²) < 4.78 is 35.8. The molecule has 2 aromatic carbocycles. The van der Waals surface area contributed by atoms with Crippen molar-refractivity contribution in [3.8, 4) is 0 Å². The molecule has 0 saturated carbocycles. The fourth-order valence-corrected chi connectivity index (χ4v) is 8.92. The first kappa shape index (κ1) is 39.2. The average molecular weight is 738 g/mol. The number of piperidine rings is 2. The Hall–Kier alpha value is -4.01. The number of aryl methyl sites for hydroxylation is 1. The van der Waals surface area contributed by atoms with Crippen molar-refractivity contribution in [3.05, 3.63) is 53.6 Å². The molecule has 3 amide bonds. The number of aromatic nitrogens is 2. The van der Waals surface area contributed by atoms with Crippen LogP contribution in [0, 0.1) is 5.92 Å². The van der Waals surface area contributed by atoms with E-state index < -0.39 is 21.7 Å². The maximum Gasteiger partial charge on any atom is 0.407 e. The van der Waals surface area contributed by atoms with E-state index in [4.69, 9.17) is 4.74 Å². The molecule has 52 heavy (non-hydrogen) atoms. The summed E-state index contributed by atoms with van der Waals surface area (Å²) in [6.45, 7) is 11.5. The van der Waals surface area contributed by atoms with Crippen LogP contribution in [0.2, 0.25) is 0 Å². The smallest absolute Gasteiger partial charge is 0.407 e. The van der Waals surface area contributed by atoms with Crippen LogP contribution in [-0.4, -0.2) is 104 Å². The fourth-order valence-electron chi connectivity index (χ4n) is 7.38. The van der Waals surface area contributed by atoms with Crippen molar-refractivity contribution in [1.29, 1.82) is 0 Å². The van der Waals surface area contributed by atoms with Gasteiger partial charge in [0.15, 0.2) is 5.82 Å². The van der Waals surface area contributed by atoms with Gasteiger partial charge < -0.3 is 25.1 Å². The highest BCUT2D eigenvalue weighted by Crippen LogP contribution is 2.34. The van der Waals surface area contributed by atoms with Crippen LogP contribution in [0.1, 0.15) is 76.8 Å². The Labute approximate surface area is 308 Å². The number of carbonyl (C=O) groups excluding carboxylic acids is 3. The third kappa shape index (κ3) is 9.69. The molecule has 2 saturated heterocycles. The summed E-state index contributed by atoms with van der Waals surface area (Å²) in [7, 11) is -0.201. The van der Waals surface area contributed by atoms with Crippen molar-refractivity contribution in [1.82, 2.24) is 29.6 Å². The molecule has 2 aliphatic rings. The van der Waals surface area contributed by atoms with Crippen LogP contribution >= 0.6 is 0 Å². The van der Waals surface area contributed by atoms with E-state index >= 15 is 0 Å². The molecule has 0 spiro atoms. The van der Waals surface area contributed by atoms with Gasteiger partial charge in [0.1, 0.15) is 11.9 Å². The lowest BCUT2D eigenvalue weighted by Gasteiger charge is -2.34. The van der Waals surface area contributed by atoms with Gasteiger partial charge in [0.2, 0.25) is 10.0 Å². The number of amides is 3. The number of fused-ring (bicyclic) bond motifs is 1. The second-order valence-corrected chi connectivity index (χ2v) is 17.2. The minimum atomic E-state index is -3.65. The van der Waals surface area contributed by atoms with Crippen LogP contribution in [0.15, 0.2) is 47.4 Å². The number of hydrogen-bond donors (Lipinski definition) is 2. The molecule has 13 nitrogen and oxygen atoms in total. The maximum atomic E-state index is 13.6. The van der Waals surface area contributed by atoms with Gasteiger partial charge in [-0.3, -0.25) is 9.58 Å². The molecule has 0 bridgehead atoms. The van der Waals surface area contributed by atoms with Gasteiger partial charge in [-0.2, -0.15) is 9.40 Å². The number of urea groups is 1. The second-order valence-electron chi connectivity index (χ2n) is 15.2. The quantitative estimate of drug-likeness (QED) is 0.246. The first-order valence-electron chi connectivity index (χ1n) is 18.4. The normalized spacial score (nSPS) is 17.5. The number of carbonyl (C=O) groups is 3. The number of rotatable bonds is 12. The van der Waals surface area contributed by atoms with Gasteiger partial charge in [-0.1, -0.05) is 25.1 Å². The molecule has 3 aromatic rings. The van der Waals surface area contributed by atoms with Crippen LogP contribution in [0.5, 0.6) is 0 Å². The summed E-state index contributed by atoms with van der Waals surface area (Å²) in [5.74, 6) is 1.31. The van der Waals surface area contributed by atoms with Crippen molar-refractivity contribution in [2.24, 2.45) is 13.0 Å². The van der Waals surface area contributed by atoms with Gasteiger partial charge in [0.05, 0.1) is 10.4 Å². The number of anilines is 1. The molecule has 1 aromatic heterocycles. The third-order valence-corrected chi connectivity index (χ3v) is 11.9. The van der Waals surface area contributed by atoms with E-state index in [9.17, 15) is 22.8 Å². The second kappa shape index (κ2) is 16.8. The number of nitrogens with one attached hydrogen (secondary N) is 2. The summed E-state index contributed by atoms with van der Waals surface area (Å²) in [4.78, 5) is 40.1. The van der Waals surface area contributed by atoms with Gasteiger partial charge in [0, 0.05) is 58.1 Å². The molecule has 5 rings (SSSR count). The molecule has 3 heterocycles. The Kier molecular flexibility index (Phi) is 12.6. The van der Waals surface area contributed by atoms with E-state index in [0.29, 0.717) is 48.5 Å². The topological polar surface area (TPSA) is 146 Å². The lowest BCUT2D eigenvalue weighted by molar-refractivity contribution is -0.107. The monoisotopic (exact) mass is 737 g/mol. The fraction of sp³-hybridized carbons (Fsp3) is 0.579. The number of ether oxygens (including phenoxy) is 1. The number of benzene rings is 2. The average Bonchev–Trinajstić information content (AvgIpc) is 3.43. The predicted molar refractivity (Wildman–Crippen MR) is 202 cm³/mol. The number of nitrogens with zero attached hydrogens (tertiary/aromatic N) is 5. The highest BCUT2D eigenvalue weighted by molar-refractivity contribution is 7.89. The van der Waals surface area contributed by atoms with Gasteiger partial charge in [-0.15, -0.1) is 0 Å². The van der Waals surface area contributed by atoms with E-state index in [2.05, 4.69) is 39.7 Å². The Balaban J connectivity index is 1.13. The zero-order valence-electron chi connectivity index (χ0n) is 31.4. The van der Waals surface area contributed by atoms with Crippen molar-refractivity contribution < 1.29 is 27.5 Å². The molecule has 284 valence electrons. The third-order valence-electron chi connectivity index (χ3n) is 9.97. The lowest BCUT2D eigenvalue weighted by atomic mass is 9.88. The summed E-state index contributed by atoms with van der Waals surface area (Å²) in [5.41, 5.74) is 2.63. The Morgan fingerprint density at radius 3 is 2.42 bits per heavy atom. The van der Waals surface area contributed by atoms with Crippen LogP contribution in [0.4, 0.5) is 15.4 Å². The van der Waals surface area contributed by atoms with E-state index in [0.717, 1.165) is 61.6 Å². The molecule has 2 N–H and O–H groups in total. The Bertz CT molecular complexity index is 1820. The summed E-state index contributed by atoms with van der Waals surface area (Å²) in [6.07, 6.45) is 4.48. The first-order chi connectivity index (χ1) is 24.7. The lowest BCUT2D eigenvalue weighted by Crippen LogP contribution is -2.47. The van der Waals surface area contributed by atoms with Crippen molar-refractivity contribution in [2.45, 2.75) is 88.7 Å².